The molecule has 0 radical (unpaired) electrons. The molecule has 0 saturated carbocycles. The van der Waals surface area contributed by atoms with Gasteiger partial charge in [0.25, 0.3) is 5.91 Å². The maximum Gasteiger partial charge on any atom is 0.253 e. The van der Waals surface area contributed by atoms with Gasteiger partial charge in [-0.05, 0) is 31.0 Å². The average molecular weight is 270 g/mol. The molecule has 0 aliphatic carbocycles. The Hall–Kier alpha value is -1.22. The van der Waals surface area contributed by atoms with Gasteiger partial charge in [-0.3, -0.25) is 4.79 Å². The molecule has 100 valence electrons. The van der Waals surface area contributed by atoms with Gasteiger partial charge in [-0.15, -0.1) is 0 Å². The zero-order valence-electron chi connectivity index (χ0n) is 11.0. The van der Waals surface area contributed by atoms with Crippen molar-refractivity contribution in [2.75, 3.05) is 0 Å². The Morgan fingerprint density at radius 2 is 2.00 bits per heavy atom. The zero-order valence-corrected chi connectivity index (χ0v) is 11.8. The normalized spacial score (nSPS) is 12.5. The van der Waals surface area contributed by atoms with E-state index in [0.29, 0.717) is 16.5 Å². The summed E-state index contributed by atoms with van der Waals surface area (Å²) in [6.07, 6.45) is 2.04. The molecule has 0 saturated heterocycles. The number of aromatic hydroxyl groups is 1. The van der Waals surface area contributed by atoms with Crippen LogP contribution in [0.1, 0.15) is 44.0 Å². The Bertz CT molecular complexity index is 416. The summed E-state index contributed by atoms with van der Waals surface area (Å²) in [6.45, 7) is 6.21. The molecule has 1 aromatic carbocycles. The van der Waals surface area contributed by atoms with E-state index in [0.717, 1.165) is 12.8 Å². The molecule has 0 bridgehead atoms. The number of phenols is 1. The van der Waals surface area contributed by atoms with Gasteiger partial charge in [-0.2, -0.15) is 0 Å². The fourth-order valence-electron chi connectivity index (χ4n) is 2.09. The van der Waals surface area contributed by atoms with Crippen LogP contribution in [0.15, 0.2) is 18.2 Å². The molecule has 0 heterocycles. The largest absolute Gasteiger partial charge is 0.508 e. The summed E-state index contributed by atoms with van der Waals surface area (Å²) >= 11 is 5.95. The van der Waals surface area contributed by atoms with Gasteiger partial charge in [-0.1, -0.05) is 38.3 Å². The lowest BCUT2D eigenvalue weighted by Gasteiger charge is -2.22. The molecule has 18 heavy (non-hydrogen) atoms. The van der Waals surface area contributed by atoms with Crippen LogP contribution < -0.4 is 5.32 Å². The minimum absolute atomic E-state index is 0.0414. The highest BCUT2D eigenvalue weighted by atomic mass is 35.5. The second kappa shape index (κ2) is 6.64. The summed E-state index contributed by atoms with van der Waals surface area (Å²) in [7, 11) is 0. The third-order valence-corrected chi connectivity index (χ3v) is 3.64. The fourth-order valence-corrected chi connectivity index (χ4v) is 2.29. The molecule has 0 aromatic heterocycles. The highest BCUT2D eigenvalue weighted by Gasteiger charge is 2.18. The van der Waals surface area contributed by atoms with E-state index in [1.54, 1.807) is 0 Å². The Balaban J connectivity index is 2.79. The number of hydrogen-bond donors (Lipinski definition) is 2. The van der Waals surface area contributed by atoms with Crippen molar-refractivity contribution in [3.63, 3.8) is 0 Å². The van der Waals surface area contributed by atoms with E-state index in [1.165, 1.54) is 18.2 Å². The van der Waals surface area contributed by atoms with Crippen LogP contribution in [0.5, 0.6) is 5.75 Å². The van der Waals surface area contributed by atoms with E-state index >= 15 is 0 Å². The third kappa shape index (κ3) is 3.64. The predicted octanol–water partition coefficient (Wildman–Crippen LogP) is 3.60. The van der Waals surface area contributed by atoms with Crippen molar-refractivity contribution >= 4 is 17.5 Å². The predicted molar refractivity (Wildman–Crippen MR) is 74.1 cm³/mol. The molecule has 3 nitrogen and oxygen atoms in total. The highest BCUT2D eigenvalue weighted by molar-refractivity contribution is 6.33. The van der Waals surface area contributed by atoms with Crippen molar-refractivity contribution in [3.8, 4) is 5.75 Å². The first-order valence-corrected chi connectivity index (χ1v) is 6.66. The summed E-state index contributed by atoms with van der Waals surface area (Å²) in [5, 5.41) is 12.7. The molecular weight excluding hydrogens is 250 g/mol. The number of nitrogens with one attached hydrogen (secondary N) is 1. The number of carbonyl (C=O) groups excluding carboxylic acids is 1. The van der Waals surface area contributed by atoms with Gasteiger partial charge < -0.3 is 10.4 Å². The molecule has 0 fully saturated rings. The van der Waals surface area contributed by atoms with Crippen LogP contribution in [-0.4, -0.2) is 17.1 Å². The molecule has 4 heteroatoms. The monoisotopic (exact) mass is 269 g/mol. The second-order valence-electron chi connectivity index (χ2n) is 4.50. The first-order chi connectivity index (χ1) is 8.49. The number of phenolic OH excluding ortho intramolecular Hbond substituents is 1. The van der Waals surface area contributed by atoms with E-state index in [2.05, 4.69) is 19.2 Å². The van der Waals surface area contributed by atoms with Gasteiger partial charge >= 0.3 is 0 Å². The minimum Gasteiger partial charge on any atom is -0.508 e. The Kier molecular flexibility index (Phi) is 5.48. The van der Waals surface area contributed by atoms with E-state index < -0.39 is 0 Å². The quantitative estimate of drug-likeness (QED) is 0.858. The summed E-state index contributed by atoms with van der Waals surface area (Å²) in [6, 6.07) is 4.46. The second-order valence-corrected chi connectivity index (χ2v) is 4.91. The molecule has 2 N–H and O–H groups in total. The Labute approximate surface area is 113 Å². The van der Waals surface area contributed by atoms with Crippen molar-refractivity contribution in [1.29, 1.82) is 0 Å². The van der Waals surface area contributed by atoms with Gasteiger partial charge in [0.15, 0.2) is 0 Å². The summed E-state index contributed by atoms with van der Waals surface area (Å²) in [4.78, 5) is 12.1. The number of rotatable bonds is 5. The van der Waals surface area contributed by atoms with E-state index in [1.807, 2.05) is 6.92 Å². The highest BCUT2D eigenvalue weighted by Crippen LogP contribution is 2.22. The van der Waals surface area contributed by atoms with Crippen molar-refractivity contribution < 1.29 is 9.90 Å². The number of hydrogen-bond acceptors (Lipinski definition) is 2. The molecule has 1 aromatic rings. The van der Waals surface area contributed by atoms with E-state index in [-0.39, 0.29) is 17.7 Å². The third-order valence-electron chi connectivity index (χ3n) is 3.31. The van der Waals surface area contributed by atoms with E-state index in [9.17, 15) is 9.90 Å². The summed E-state index contributed by atoms with van der Waals surface area (Å²) < 4.78 is 0. The Morgan fingerprint density at radius 3 is 2.56 bits per heavy atom. The van der Waals surface area contributed by atoms with Crippen LogP contribution >= 0.6 is 11.6 Å². The minimum atomic E-state index is -0.240. The lowest BCUT2D eigenvalue weighted by molar-refractivity contribution is 0.0925. The molecule has 1 atom stereocenters. The number of benzene rings is 1. The van der Waals surface area contributed by atoms with Gasteiger partial charge in [0, 0.05) is 6.04 Å². The van der Waals surface area contributed by atoms with E-state index in [4.69, 9.17) is 11.6 Å². The zero-order chi connectivity index (χ0) is 13.7. The number of halogens is 1. The van der Waals surface area contributed by atoms with Crippen LogP contribution in [0.4, 0.5) is 0 Å². The standard InChI is InChI=1S/C14H20ClNO2/c1-4-10(5-2)9(3)16-14(18)12-8-11(17)6-7-13(12)15/h6-10,17H,4-5H2,1-3H3,(H,16,18). The Morgan fingerprint density at radius 1 is 1.39 bits per heavy atom. The van der Waals surface area contributed by atoms with Crippen molar-refractivity contribution in [2.24, 2.45) is 5.92 Å². The molecule has 0 aliphatic heterocycles. The molecule has 1 rings (SSSR count). The van der Waals surface area contributed by atoms with Gasteiger partial charge in [-0.25, -0.2) is 0 Å². The fraction of sp³-hybridized carbons (Fsp3) is 0.500. The molecule has 0 spiro atoms. The maximum atomic E-state index is 12.1. The summed E-state index contributed by atoms with van der Waals surface area (Å²) in [5.41, 5.74) is 0.314. The molecule has 1 amide bonds. The molecule has 1 unspecified atom stereocenters. The maximum absolute atomic E-state index is 12.1. The van der Waals surface area contributed by atoms with Crippen molar-refractivity contribution in [3.05, 3.63) is 28.8 Å². The molecule has 0 aliphatic rings. The number of carbonyl (C=O) groups is 1. The van der Waals surface area contributed by atoms with Crippen molar-refractivity contribution in [1.82, 2.24) is 5.32 Å². The summed E-state index contributed by atoms with van der Waals surface area (Å²) in [5.74, 6) is 0.250. The van der Waals surface area contributed by atoms with Crippen LogP contribution in [-0.2, 0) is 0 Å². The van der Waals surface area contributed by atoms with Crippen LogP contribution in [0.25, 0.3) is 0 Å². The van der Waals surface area contributed by atoms with Gasteiger partial charge in [0.05, 0.1) is 10.6 Å². The lowest BCUT2D eigenvalue weighted by atomic mass is 9.95. The van der Waals surface area contributed by atoms with Crippen LogP contribution in [0.2, 0.25) is 5.02 Å². The topological polar surface area (TPSA) is 49.3 Å². The van der Waals surface area contributed by atoms with Gasteiger partial charge in [0.1, 0.15) is 5.75 Å². The smallest absolute Gasteiger partial charge is 0.253 e. The van der Waals surface area contributed by atoms with Crippen LogP contribution in [0.3, 0.4) is 0 Å². The van der Waals surface area contributed by atoms with Crippen molar-refractivity contribution in [2.45, 2.75) is 39.7 Å². The SMILES string of the molecule is CCC(CC)C(C)NC(=O)c1cc(O)ccc1Cl. The first-order valence-electron chi connectivity index (χ1n) is 6.28. The molecular formula is C14H20ClNO2. The van der Waals surface area contributed by atoms with Crippen LogP contribution in [0, 0.1) is 5.92 Å². The lowest BCUT2D eigenvalue weighted by Crippen LogP contribution is -2.37. The average Bonchev–Trinajstić information content (AvgIpc) is 2.33. The first kappa shape index (κ1) is 14.8. The number of amides is 1. The van der Waals surface area contributed by atoms with Gasteiger partial charge in [0.2, 0.25) is 0 Å².